The molecular formula is C22H31N3O3. The molecule has 3 rings (SSSR count). The number of esters is 1. The predicted molar refractivity (Wildman–Crippen MR) is 109 cm³/mol. The van der Waals surface area contributed by atoms with Crippen molar-refractivity contribution in [1.82, 2.24) is 15.5 Å². The summed E-state index contributed by atoms with van der Waals surface area (Å²) in [4.78, 5) is 27.6. The third kappa shape index (κ3) is 4.73. The van der Waals surface area contributed by atoms with Gasteiger partial charge in [-0.3, -0.25) is 4.90 Å². The van der Waals surface area contributed by atoms with Crippen molar-refractivity contribution in [2.45, 2.75) is 40.2 Å². The molecule has 0 aromatic heterocycles. The first-order valence-corrected chi connectivity index (χ1v) is 10.1. The summed E-state index contributed by atoms with van der Waals surface area (Å²) in [7, 11) is 0. The number of hydrogen-bond acceptors (Lipinski definition) is 4. The van der Waals surface area contributed by atoms with Gasteiger partial charge in [-0.2, -0.15) is 0 Å². The van der Waals surface area contributed by atoms with Gasteiger partial charge in [0.1, 0.15) is 0 Å². The van der Waals surface area contributed by atoms with Gasteiger partial charge < -0.3 is 15.4 Å². The lowest BCUT2D eigenvalue weighted by Gasteiger charge is -2.37. The number of carbonyl (C=O) groups excluding carboxylic acids is 2. The zero-order chi connectivity index (χ0) is 20.3. The highest BCUT2D eigenvalue weighted by atomic mass is 16.5. The molecule has 28 heavy (non-hydrogen) atoms. The molecule has 152 valence electrons. The summed E-state index contributed by atoms with van der Waals surface area (Å²) in [5.41, 5.74) is 3.15. The van der Waals surface area contributed by atoms with Gasteiger partial charge >= 0.3 is 12.0 Å². The van der Waals surface area contributed by atoms with E-state index in [0.717, 1.165) is 24.2 Å². The number of hydrogen-bond donors (Lipinski definition) is 2. The number of nitrogens with zero attached hydrogens (tertiary/aromatic N) is 1. The van der Waals surface area contributed by atoms with Gasteiger partial charge in [0.2, 0.25) is 0 Å². The Morgan fingerprint density at radius 1 is 1.18 bits per heavy atom. The Bertz CT molecular complexity index is 747. The Hall–Kier alpha value is -2.34. The van der Waals surface area contributed by atoms with Gasteiger partial charge in [-0.1, -0.05) is 43.7 Å². The minimum Gasteiger partial charge on any atom is -0.463 e. The van der Waals surface area contributed by atoms with Crippen molar-refractivity contribution in [3.63, 3.8) is 0 Å². The van der Waals surface area contributed by atoms with Crippen molar-refractivity contribution in [2.75, 3.05) is 26.2 Å². The van der Waals surface area contributed by atoms with E-state index < -0.39 is 6.04 Å². The lowest BCUT2D eigenvalue weighted by Crippen LogP contribution is -2.50. The van der Waals surface area contributed by atoms with E-state index in [-0.39, 0.29) is 12.0 Å². The largest absolute Gasteiger partial charge is 0.463 e. The van der Waals surface area contributed by atoms with E-state index in [2.05, 4.69) is 29.4 Å². The second-order valence-corrected chi connectivity index (χ2v) is 8.19. The average molecular weight is 386 g/mol. The molecule has 0 aliphatic carbocycles. The van der Waals surface area contributed by atoms with Crippen LogP contribution in [0.2, 0.25) is 0 Å². The van der Waals surface area contributed by atoms with E-state index >= 15 is 0 Å². The third-order valence-corrected chi connectivity index (χ3v) is 5.39. The van der Waals surface area contributed by atoms with Crippen molar-refractivity contribution >= 4 is 12.0 Å². The standard InChI is InChI=1S/C22H31N3O3/c1-5-28-21(26)19-18(13-25-11-15(3)10-16(4)12-25)23-22(27)24-20(19)17-8-6-14(2)7-9-17/h6-9,15-16,20H,5,10-13H2,1-4H3,(H2,23,24,27)/t15-,16+,20-/m1/s1. The normalized spacial score (nSPS) is 25.9. The third-order valence-electron chi connectivity index (χ3n) is 5.39. The minimum absolute atomic E-state index is 0.285. The van der Waals surface area contributed by atoms with Gasteiger partial charge in [0.15, 0.2) is 0 Å². The molecule has 0 spiro atoms. The van der Waals surface area contributed by atoms with Crippen molar-refractivity contribution in [3.05, 3.63) is 46.7 Å². The lowest BCUT2D eigenvalue weighted by atomic mass is 9.91. The number of benzene rings is 1. The molecule has 2 aliphatic rings. The van der Waals surface area contributed by atoms with Gasteiger partial charge in [0.25, 0.3) is 0 Å². The number of aryl methyl sites for hydroxylation is 1. The first-order valence-electron chi connectivity index (χ1n) is 10.1. The molecule has 1 aromatic rings. The summed E-state index contributed by atoms with van der Waals surface area (Å²) in [6.45, 7) is 11.1. The van der Waals surface area contributed by atoms with E-state index in [1.54, 1.807) is 6.92 Å². The van der Waals surface area contributed by atoms with Gasteiger partial charge in [0, 0.05) is 25.3 Å². The molecule has 3 atom stereocenters. The van der Waals surface area contributed by atoms with Crippen LogP contribution in [0.5, 0.6) is 0 Å². The Kier molecular flexibility index (Phi) is 6.39. The molecule has 6 nitrogen and oxygen atoms in total. The highest BCUT2D eigenvalue weighted by molar-refractivity contribution is 5.95. The van der Waals surface area contributed by atoms with Crippen LogP contribution in [0.1, 0.15) is 44.4 Å². The molecule has 6 heteroatoms. The van der Waals surface area contributed by atoms with Crippen molar-refractivity contribution in [1.29, 1.82) is 0 Å². The van der Waals surface area contributed by atoms with Crippen LogP contribution in [-0.4, -0.2) is 43.1 Å². The zero-order valence-corrected chi connectivity index (χ0v) is 17.2. The summed E-state index contributed by atoms with van der Waals surface area (Å²) in [6, 6.07) is 7.08. The number of likely N-dealkylation sites (tertiary alicyclic amines) is 1. The molecule has 2 aliphatic heterocycles. The van der Waals surface area contributed by atoms with Gasteiger partial charge in [-0.25, -0.2) is 9.59 Å². The molecule has 1 fully saturated rings. The Morgan fingerprint density at radius 2 is 1.82 bits per heavy atom. The molecule has 0 bridgehead atoms. The Balaban J connectivity index is 1.96. The second-order valence-electron chi connectivity index (χ2n) is 8.19. The van der Waals surface area contributed by atoms with Crippen molar-refractivity contribution < 1.29 is 14.3 Å². The molecule has 2 N–H and O–H groups in total. The maximum atomic E-state index is 12.8. The molecule has 1 aromatic carbocycles. The number of rotatable bonds is 5. The number of carbonyl (C=O) groups is 2. The summed E-state index contributed by atoms with van der Waals surface area (Å²) in [5.74, 6) is 0.815. The summed E-state index contributed by atoms with van der Waals surface area (Å²) in [6.07, 6.45) is 1.21. The molecular weight excluding hydrogens is 354 g/mol. The van der Waals surface area contributed by atoms with Crippen molar-refractivity contribution in [2.24, 2.45) is 11.8 Å². The second kappa shape index (κ2) is 8.78. The highest BCUT2D eigenvalue weighted by Crippen LogP contribution is 2.29. The molecule has 0 unspecified atom stereocenters. The number of ether oxygens (including phenoxy) is 1. The van der Waals surface area contributed by atoms with Crippen LogP contribution in [0.4, 0.5) is 4.79 Å². The smallest absolute Gasteiger partial charge is 0.338 e. The van der Waals surface area contributed by atoms with Crippen molar-refractivity contribution in [3.8, 4) is 0 Å². The zero-order valence-electron chi connectivity index (χ0n) is 17.2. The summed E-state index contributed by atoms with van der Waals surface area (Å²) < 4.78 is 5.35. The van der Waals surface area contributed by atoms with E-state index in [1.807, 2.05) is 31.2 Å². The van der Waals surface area contributed by atoms with E-state index in [1.165, 1.54) is 6.42 Å². The van der Waals surface area contributed by atoms with E-state index in [9.17, 15) is 9.59 Å². The first-order chi connectivity index (χ1) is 13.4. The maximum Gasteiger partial charge on any atom is 0.338 e. The van der Waals surface area contributed by atoms with Gasteiger partial charge in [0.05, 0.1) is 18.2 Å². The first kappa shape index (κ1) is 20.4. The van der Waals surface area contributed by atoms with Crippen LogP contribution in [0.25, 0.3) is 0 Å². The van der Waals surface area contributed by atoms with Crippen LogP contribution in [0.3, 0.4) is 0 Å². The van der Waals surface area contributed by atoms with Crippen LogP contribution >= 0.6 is 0 Å². The Labute approximate surface area is 167 Å². The number of piperidine rings is 1. The molecule has 0 radical (unpaired) electrons. The van der Waals surface area contributed by atoms with Crippen LogP contribution in [0, 0.1) is 18.8 Å². The van der Waals surface area contributed by atoms with Crippen LogP contribution in [0.15, 0.2) is 35.5 Å². The number of urea groups is 1. The molecule has 2 amide bonds. The van der Waals surface area contributed by atoms with Gasteiger partial charge in [-0.15, -0.1) is 0 Å². The predicted octanol–water partition coefficient (Wildman–Crippen LogP) is 3.14. The fraction of sp³-hybridized carbons (Fsp3) is 0.545. The minimum atomic E-state index is -0.511. The van der Waals surface area contributed by atoms with Crippen LogP contribution in [-0.2, 0) is 9.53 Å². The summed E-state index contributed by atoms with van der Waals surface area (Å²) >= 11 is 0. The summed E-state index contributed by atoms with van der Waals surface area (Å²) in [5, 5.41) is 5.78. The Morgan fingerprint density at radius 3 is 2.43 bits per heavy atom. The maximum absolute atomic E-state index is 12.8. The molecule has 2 heterocycles. The topological polar surface area (TPSA) is 70.7 Å². The molecule has 1 saturated heterocycles. The number of nitrogens with one attached hydrogen (secondary N) is 2. The van der Waals surface area contributed by atoms with Crippen LogP contribution < -0.4 is 10.6 Å². The quantitative estimate of drug-likeness (QED) is 0.764. The number of amides is 2. The lowest BCUT2D eigenvalue weighted by molar-refractivity contribution is -0.139. The van der Waals surface area contributed by atoms with E-state index in [0.29, 0.717) is 36.3 Å². The fourth-order valence-electron chi connectivity index (χ4n) is 4.35. The fourth-order valence-corrected chi connectivity index (χ4v) is 4.35. The average Bonchev–Trinajstić information content (AvgIpc) is 2.61. The molecule has 0 saturated carbocycles. The SMILES string of the molecule is CCOC(=O)C1=C(CN2C[C@H](C)C[C@H](C)C2)NC(=O)N[C@@H]1c1ccc(C)cc1. The van der Waals surface area contributed by atoms with Gasteiger partial charge in [-0.05, 0) is 37.7 Å². The van der Waals surface area contributed by atoms with E-state index in [4.69, 9.17) is 4.74 Å². The monoisotopic (exact) mass is 385 g/mol. The highest BCUT2D eigenvalue weighted by Gasteiger charge is 2.35.